The zero-order valence-electron chi connectivity index (χ0n) is 9.82. The average Bonchev–Trinajstić information content (AvgIpc) is 2.51. The zero-order chi connectivity index (χ0) is 13.3. The van der Waals surface area contributed by atoms with Gasteiger partial charge in [-0.3, -0.25) is 0 Å². The Bertz CT molecular complexity index is 446. The van der Waals surface area contributed by atoms with Gasteiger partial charge in [0.05, 0.1) is 6.10 Å². The van der Waals surface area contributed by atoms with E-state index in [9.17, 15) is 13.9 Å². The zero-order valence-corrected chi connectivity index (χ0v) is 9.82. The summed E-state index contributed by atoms with van der Waals surface area (Å²) in [6.45, 7) is 1.67. The van der Waals surface area contributed by atoms with E-state index in [1.54, 1.807) is 6.92 Å². The molecule has 0 aromatic heterocycles. The first-order valence-corrected chi connectivity index (χ1v) is 5.67. The number of hydrogen-bond donors (Lipinski definition) is 2. The second-order valence-corrected chi connectivity index (χ2v) is 4.34. The van der Waals surface area contributed by atoms with E-state index in [1.807, 2.05) is 0 Å². The number of alkyl halides is 2. The van der Waals surface area contributed by atoms with Gasteiger partial charge in [-0.15, -0.1) is 8.78 Å². The average molecular weight is 260 g/mol. The predicted octanol–water partition coefficient (Wildman–Crippen LogP) is 2.42. The molecule has 1 aliphatic heterocycles. The van der Waals surface area contributed by atoms with Gasteiger partial charge in [0, 0.05) is 6.07 Å². The summed E-state index contributed by atoms with van der Waals surface area (Å²) in [7, 11) is 0. The Hall–Kier alpha value is -1.56. The van der Waals surface area contributed by atoms with Crippen LogP contribution in [0.1, 0.15) is 25.3 Å². The third-order valence-corrected chi connectivity index (χ3v) is 2.67. The second-order valence-electron chi connectivity index (χ2n) is 4.34. The van der Waals surface area contributed by atoms with Crippen molar-refractivity contribution in [1.82, 2.24) is 0 Å². The number of aliphatic hydroxyl groups excluding tert-OH is 1. The molecule has 0 saturated heterocycles. The monoisotopic (exact) mass is 260 g/mol. The van der Waals surface area contributed by atoms with Crippen LogP contribution in [0.5, 0.6) is 17.2 Å². The second kappa shape index (κ2) is 4.61. The van der Waals surface area contributed by atoms with E-state index in [0.717, 1.165) is 6.07 Å². The number of hydrogen-bond acceptors (Lipinski definition) is 4. The highest BCUT2D eigenvalue weighted by Gasteiger charge is 2.43. The smallest absolute Gasteiger partial charge is 0.508 e. The fourth-order valence-electron chi connectivity index (χ4n) is 1.82. The number of phenols is 1. The Balaban J connectivity index is 2.10. The van der Waals surface area contributed by atoms with Crippen LogP contribution in [-0.4, -0.2) is 22.6 Å². The molecular formula is C12H14F2O4. The molecule has 1 aromatic rings. The molecule has 0 unspecified atom stereocenters. The van der Waals surface area contributed by atoms with Gasteiger partial charge in [-0.25, -0.2) is 0 Å². The van der Waals surface area contributed by atoms with Crippen molar-refractivity contribution >= 4 is 0 Å². The van der Waals surface area contributed by atoms with Crippen LogP contribution in [0, 0.1) is 0 Å². The molecule has 0 saturated carbocycles. The molecule has 1 aromatic carbocycles. The summed E-state index contributed by atoms with van der Waals surface area (Å²) in [6.07, 6.45) is -2.41. The Morgan fingerprint density at radius 1 is 1.28 bits per heavy atom. The van der Waals surface area contributed by atoms with Crippen molar-refractivity contribution in [3.05, 3.63) is 17.7 Å². The molecule has 0 amide bonds. The Labute approximate surface area is 103 Å². The van der Waals surface area contributed by atoms with Crippen molar-refractivity contribution in [1.29, 1.82) is 0 Å². The van der Waals surface area contributed by atoms with Crippen LogP contribution in [0.25, 0.3) is 0 Å². The molecule has 0 fully saturated rings. The summed E-state index contributed by atoms with van der Waals surface area (Å²) >= 11 is 0. The molecule has 2 N–H and O–H groups in total. The molecule has 0 aliphatic carbocycles. The molecule has 6 heteroatoms. The fourth-order valence-corrected chi connectivity index (χ4v) is 1.82. The van der Waals surface area contributed by atoms with Gasteiger partial charge < -0.3 is 19.7 Å². The maximum Gasteiger partial charge on any atom is 0.586 e. The number of aromatic hydroxyl groups is 1. The Morgan fingerprint density at radius 3 is 2.50 bits per heavy atom. The van der Waals surface area contributed by atoms with Crippen LogP contribution in [-0.2, 0) is 6.42 Å². The van der Waals surface area contributed by atoms with Gasteiger partial charge >= 0.3 is 6.29 Å². The summed E-state index contributed by atoms with van der Waals surface area (Å²) in [6, 6.07) is 2.46. The molecule has 0 spiro atoms. The normalized spacial score (nSPS) is 17.8. The van der Waals surface area contributed by atoms with Crippen molar-refractivity contribution in [2.75, 3.05) is 0 Å². The quantitative estimate of drug-likeness (QED) is 0.872. The molecule has 1 atom stereocenters. The maximum absolute atomic E-state index is 12.8. The topological polar surface area (TPSA) is 58.9 Å². The van der Waals surface area contributed by atoms with Gasteiger partial charge in [0.1, 0.15) is 5.75 Å². The van der Waals surface area contributed by atoms with Gasteiger partial charge in [-0.05, 0) is 37.8 Å². The van der Waals surface area contributed by atoms with Crippen LogP contribution in [0.4, 0.5) is 8.78 Å². The van der Waals surface area contributed by atoms with Crippen molar-refractivity contribution in [2.24, 2.45) is 0 Å². The number of ether oxygens (including phenoxy) is 2. The molecular weight excluding hydrogens is 246 g/mol. The van der Waals surface area contributed by atoms with E-state index >= 15 is 0 Å². The lowest BCUT2D eigenvalue weighted by Gasteiger charge is -2.07. The summed E-state index contributed by atoms with van der Waals surface area (Å²) in [4.78, 5) is 0. The maximum atomic E-state index is 12.8. The van der Waals surface area contributed by atoms with Gasteiger partial charge in [-0.1, -0.05) is 0 Å². The molecule has 0 radical (unpaired) electrons. The molecule has 2 rings (SSSR count). The third kappa shape index (κ3) is 2.81. The third-order valence-electron chi connectivity index (χ3n) is 2.67. The number of rotatable bonds is 4. The minimum Gasteiger partial charge on any atom is -0.508 e. The molecule has 0 bridgehead atoms. The van der Waals surface area contributed by atoms with Crippen LogP contribution < -0.4 is 9.47 Å². The van der Waals surface area contributed by atoms with E-state index in [1.165, 1.54) is 6.07 Å². The number of halogens is 2. The summed E-state index contributed by atoms with van der Waals surface area (Å²) < 4.78 is 34.1. The first kappa shape index (κ1) is 12.9. The van der Waals surface area contributed by atoms with Crippen LogP contribution in [0.3, 0.4) is 0 Å². The molecule has 4 nitrogen and oxygen atoms in total. The first-order valence-electron chi connectivity index (χ1n) is 5.67. The van der Waals surface area contributed by atoms with E-state index in [4.69, 9.17) is 5.11 Å². The largest absolute Gasteiger partial charge is 0.586 e. The Morgan fingerprint density at radius 2 is 1.89 bits per heavy atom. The van der Waals surface area contributed by atoms with Gasteiger partial charge in [0.25, 0.3) is 0 Å². The van der Waals surface area contributed by atoms with Crippen molar-refractivity contribution in [3.63, 3.8) is 0 Å². The van der Waals surface area contributed by atoms with Crippen molar-refractivity contribution < 1.29 is 28.5 Å². The van der Waals surface area contributed by atoms with Crippen LogP contribution in [0.15, 0.2) is 12.1 Å². The number of fused-ring (bicyclic) bond motifs is 1. The first-order chi connectivity index (χ1) is 8.37. The predicted molar refractivity (Wildman–Crippen MR) is 58.9 cm³/mol. The standard InChI is InChI=1S/C12H14F2O4/c1-7(15)3-2-4-8-5-10-11(6-9(8)16)18-12(13,14)17-10/h5-7,15-16H,2-4H2,1H3/t7-/m0/s1. The number of aliphatic hydroxyl groups is 1. The number of benzene rings is 1. The summed E-state index contributed by atoms with van der Waals surface area (Å²) in [5.41, 5.74) is 0.496. The lowest BCUT2D eigenvalue weighted by Crippen LogP contribution is -2.25. The minimum atomic E-state index is -3.67. The lowest BCUT2D eigenvalue weighted by molar-refractivity contribution is -0.286. The van der Waals surface area contributed by atoms with E-state index in [-0.39, 0.29) is 17.2 Å². The highest BCUT2D eigenvalue weighted by Crippen LogP contribution is 2.44. The number of aryl methyl sites for hydroxylation is 1. The van der Waals surface area contributed by atoms with E-state index < -0.39 is 12.4 Å². The Kier molecular flexibility index (Phi) is 3.30. The molecule has 1 aliphatic rings. The van der Waals surface area contributed by atoms with Gasteiger partial charge in [-0.2, -0.15) is 0 Å². The van der Waals surface area contributed by atoms with E-state index in [2.05, 4.69) is 9.47 Å². The van der Waals surface area contributed by atoms with Crippen LogP contribution >= 0.6 is 0 Å². The lowest BCUT2D eigenvalue weighted by atomic mass is 10.0. The van der Waals surface area contributed by atoms with E-state index in [0.29, 0.717) is 24.8 Å². The highest BCUT2D eigenvalue weighted by atomic mass is 19.3. The SMILES string of the molecule is C[C@H](O)CCCc1cc2c(cc1O)OC(F)(F)O2. The molecule has 1 heterocycles. The fraction of sp³-hybridized carbons (Fsp3) is 0.500. The highest BCUT2D eigenvalue weighted by molar-refractivity contribution is 5.51. The van der Waals surface area contributed by atoms with Crippen molar-refractivity contribution in [2.45, 2.75) is 38.6 Å². The minimum absolute atomic E-state index is 0.0788. The number of phenolic OH excluding ortho intramolecular Hbond substituents is 1. The molecule has 100 valence electrons. The summed E-state index contributed by atoms with van der Waals surface area (Å²) in [5, 5.41) is 18.8. The van der Waals surface area contributed by atoms with Gasteiger partial charge in [0.15, 0.2) is 11.5 Å². The van der Waals surface area contributed by atoms with Crippen LogP contribution in [0.2, 0.25) is 0 Å². The molecule has 18 heavy (non-hydrogen) atoms. The van der Waals surface area contributed by atoms with Crippen molar-refractivity contribution in [3.8, 4) is 17.2 Å². The summed E-state index contributed by atoms with van der Waals surface area (Å²) in [5.74, 6) is -0.359. The van der Waals surface area contributed by atoms with Gasteiger partial charge in [0.2, 0.25) is 0 Å².